The summed E-state index contributed by atoms with van der Waals surface area (Å²) in [6.07, 6.45) is 3.89. The van der Waals surface area contributed by atoms with Crippen LogP contribution in [0.5, 0.6) is 0 Å². The molecule has 0 atom stereocenters. The van der Waals surface area contributed by atoms with Crippen LogP contribution >= 0.6 is 0 Å². The molecular formula is C13H26N2O3. The molecule has 0 aliphatic carbocycles. The van der Waals surface area contributed by atoms with Crippen molar-refractivity contribution in [1.82, 2.24) is 10.6 Å². The maximum absolute atomic E-state index is 11.8. The van der Waals surface area contributed by atoms with Crippen molar-refractivity contribution < 1.29 is 14.3 Å². The largest absolute Gasteiger partial charge is 0.382 e. The molecule has 1 rings (SSSR count). The molecule has 0 aromatic heterocycles. The molecule has 2 N–H and O–H groups in total. The van der Waals surface area contributed by atoms with Crippen molar-refractivity contribution in [2.24, 2.45) is 5.92 Å². The van der Waals surface area contributed by atoms with Gasteiger partial charge in [0.25, 0.3) is 0 Å². The van der Waals surface area contributed by atoms with E-state index in [0.29, 0.717) is 13.2 Å². The van der Waals surface area contributed by atoms with Gasteiger partial charge in [-0.25, -0.2) is 0 Å². The van der Waals surface area contributed by atoms with E-state index in [0.717, 1.165) is 51.9 Å². The molecule has 0 unspecified atom stereocenters. The average Bonchev–Trinajstić information content (AvgIpc) is 2.42. The molecule has 1 amide bonds. The first kappa shape index (κ1) is 15.4. The Balaban J connectivity index is 1.89. The Morgan fingerprint density at radius 1 is 1.22 bits per heavy atom. The molecule has 106 valence electrons. The maximum atomic E-state index is 11.8. The molecule has 0 bridgehead atoms. The fraction of sp³-hybridized carbons (Fsp3) is 0.923. The number of hydrogen-bond acceptors (Lipinski definition) is 4. The number of carbonyl (C=O) groups is 1. The van der Waals surface area contributed by atoms with E-state index in [2.05, 4.69) is 10.6 Å². The molecule has 18 heavy (non-hydrogen) atoms. The van der Waals surface area contributed by atoms with Crippen LogP contribution < -0.4 is 10.6 Å². The summed E-state index contributed by atoms with van der Waals surface area (Å²) in [5.74, 6) is 0.431. The Hall–Kier alpha value is -0.650. The third-order valence-electron chi connectivity index (χ3n) is 3.16. The first-order valence-electron chi connectivity index (χ1n) is 6.89. The predicted molar refractivity (Wildman–Crippen MR) is 70.5 cm³/mol. The highest BCUT2D eigenvalue weighted by atomic mass is 16.5. The van der Waals surface area contributed by atoms with Crippen LogP contribution in [0.4, 0.5) is 0 Å². The van der Waals surface area contributed by atoms with Crippen LogP contribution in [0.1, 0.15) is 25.7 Å². The number of rotatable bonds is 9. The number of hydrogen-bond donors (Lipinski definition) is 2. The van der Waals surface area contributed by atoms with Crippen LogP contribution in [0, 0.1) is 5.92 Å². The minimum atomic E-state index is 0.212. The van der Waals surface area contributed by atoms with E-state index < -0.39 is 0 Å². The van der Waals surface area contributed by atoms with Gasteiger partial charge in [-0.3, -0.25) is 4.79 Å². The smallest absolute Gasteiger partial charge is 0.223 e. The molecule has 1 fully saturated rings. The Kier molecular flexibility index (Phi) is 8.81. The van der Waals surface area contributed by atoms with Crippen LogP contribution in [-0.4, -0.2) is 52.5 Å². The number of nitrogens with one attached hydrogen (secondary N) is 2. The highest BCUT2D eigenvalue weighted by molar-refractivity contribution is 5.78. The summed E-state index contributed by atoms with van der Waals surface area (Å²) in [4.78, 5) is 11.8. The van der Waals surface area contributed by atoms with Gasteiger partial charge >= 0.3 is 0 Å². The van der Waals surface area contributed by atoms with Gasteiger partial charge in [0.15, 0.2) is 0 Å². The van der Waals surface area contributed by atoms with E-state index in [-0.39, 0.29) is 11.8 Å². The Bertz CT molecular complexity index is 218. The van der Waals surface area contributed by atoms with E-state index in [1.807, 2.05) is 0 Å². The molecule has 0 spiro atoms. The topological polar surface area (TPSA) is 59.6 Å². The van der Waals surface area contributed by atoms with Crippen molar-refractivity contribution in [2.75, 3.05) is 46.6 Å². The summed E-state index contributed by atoms with van der Waals surface area (Å²) in [7, 11) is 1.67. The molecule has 5 heteroatoms. The van der Waals surface area contributed by atoms with Crippen molar-refractivity contribution in [1.29, 1.82) is 0 Å². The second kappa shape index (κ2) is 10.3. The molecular weight excluding hydrogens is 232 g/mol. The third kappa shape index (κ3) is 6.93. The van der Waals surface area contributed by atoms with Crippen LogP contribution in [0.25, 0.3) is 0 Å². The van der Waals surface area contributed by atoms with E-state index in [1.54, 1.807) is 7.11 Å². The zero-order chi connectivity index (χ0) is 13.1. The number of methoxy groups -OCH3 is 1. The SMILES string of the molecule is COCCOCCCCNC(=O)C1CCNCC1. The molecule has 1 saturated heterocycles. The normalized spacial score (nSPS) is 16.7. The van der Waals surface area contributed by atoms with Gasteiger partial charge in [-0.05, 0) is 38.8 Å². The monoisotopic (exact) mass is 258 g/mol. The third-order valence-corrected chi connectivity index (χ3v) is 3.16. The summed E-state index contributed by atoms with van der Waals surface area (Å²) in [6, 6.07) is 0. The van der Waals surface area contributed by atoms with Crippen LogP contribution in [-0.2, 0) is 14.3 Å². The summed E-state index contributed by atoms with van der Waals surface area (Å²) < 4.78 is 10.2. The van der Waals surface area contributed by atoms with Gasteiger partial charge in [0.1, 0.15) is 0 Å². The fourth-order valence-electron chi connectivity index (χ4n) is 2.01. The number of carbonyl (C=O) groups excluding carboxylic acids is 1. The average molecular weight is 258 g/mol. The highest BCUT2D eigenvalue weighted by Gasteiger charge is 2.19. The summed E-state index contributed by atoms with van der Waals surface area (Å²) in [6.45, 7) is 4.73. The van der Waals surface area contributed by atoms with Crippen LogP contribution in [0.3, 0.4) is 0 Å². The molecule has 1 aliphatic rings. The van der Waals surface area contributed by atoms with Crippen molar-refractivity contribution in [3.05, 3.63) is 0 Å². The van der Waals surface area contributed by atoms with Crippen molar-refractivity contribution in [3.8, 4) is 0 Å². The van der Waals surface area contributed by atoms with Crippen molar-refractivity contribution in [3.63, 3.8) is 0 Å². The van der Waals surface area contributed by atoms with Gasteiger partial charge < -0.3 is 20.1 Å². The summed E-state index contributed by atoms with van der Waals surface area (Å²) in [5, 5.41) is 6.27. The van der Waals surface area contributed by atoms with Crippen molar-refractivity contribution >= 4 is 5.91 Å². The molecule has 5 nitrogen and oxygen atoms in total. The lowest BCUT2D eigenvalue weighted by molar-refractivity contribution is -0.125. The van der Waals surface area contributed by atoms with Gasteiger partial charge in [-0.2, -0.15) is 0 Å². The molecule has 0 saturated carbocycles. The standard InChI is InChI=1S/C13H26N2O3/c1-17-10-11-18-9-3-2-6-15-13(16)12-4-7-14-8-5-12/h12,14H,2-11H2,1H3,(H,15,16). The lowest BCUT2D eigenvalue weighted by Gasteiger charge is -2.21. The summed E-state index contributed by atoms with van der Waals surface area (Å²) in [5.41, 5.74) is 0. The molecule has 0 radical (unpaired) electrons. The van der Waals surface area contributed by atoms with E-state index in [1.165, 1.54) is 0 Å². The molecule has 1 aliphatic heterocycles. The Morgan fingerprint density at radius 3 is 2.72 bits per heavy atom. The van der Waals surface area contributed by atoms with Gasteiger partial charge in [0.05, 0.1) is 13.2 Å². The van der Waals surface area contributed by atoms with Gasteiger partial charge in [0.2, 0.25) is 5.91 Å². The maximum Gasteiger partial charge on any atom is 0.223 e. The van der Waals surface area contributed by atoms with Crippen LogP contribution in [0.2, 0.25) is 0 Å². The fourth-order valence-corrected chi connectivity index (χ4v) is 2.01. The van der Waals surface area contributed by atoms with Crippen LogP contribution in [0.15, 0.2) is 0 Å². The Morgan fingerprint density at radius 2 is 2.00 bits per heavy atom. The highest BCUT2D eigenvalue weighted by Crippen LogP contribution is 2.11. The minimum Gasteiger partial charge on any atom is -0.382 e. The lowest BCUT2D eigenvalue weighted by atomic mass is 9.97. The molecule has 1 heterocycles. The zero-order valence-electron chi connectivity index (χ0n) is 11.4. The molecule has 0 aromatic carbocycles. The number of ether oxygens (including phenoxy) is 2. The zero-order valence-corrected chi connectivity index (χ0v) is 11.4. The van der Waals surface area contributed by atoms with Gasteiger partial charge in [-0.15, -0.1) is 0 Å². The predicted octanol–water partition coefficient (Wildman–Crippen LogP) is 0.545. The van der Waals surface area contributed by atoms with E-state index >= 15 is 0 Å². The minimum absolute atomic E-state index is 0.212. The second-order valence-electron chi connectivity index (χ2n) is 4.63. The van der Waals surface area contributed by atoms with Gasteiger partial charge in [0, 0.05) is 26.2 Å². The quantitative estimate of drug-likeness (QED) is 0.593. The van der Waals surface area contributed by atoms with E-state index in [4.69, 9.17) is 9.47 Å². The second-order valence-corrected chi connectivity index (χ2v) is 4.63. The Labute approximate surface area is 110 Å². The number of unbranched alkanes of at least 4 members (excludes halogenated alkanes) is 1. The number of amides is 1. The summed E-state index contributed by atoms with van der Waals surface area (Å²) >= 11 is 0. The molecule has 0 aromatic rings. The first-order chi connectivity index (χ1) is 8.84. The van der Waals surface area contributed by atoms with E-state index in [9.17, 15) is 4.79 Å². The van der Waals surface area contributed by atoms with Crippen molar-refractivity contribution in [2.45, 2.75) is 25.7 Å². The lowest BCUT2D eigenvalue weighted by Crippen LogP contribution is -2.38. The first-order valence-corrected chi connectivity index (χ1v) is 6.89. The van der Waals surface area contributed by atoms with Gasteiger partial charge in [-0.1, -0.05) is 0 Å². The number of piperidine rings is 1.